The Morgan fingerprint density at radius 1 is 0.902 bits per heavy atom. The maximum absolute atomic E-state index is 13.6. The van der Waals surface area contributed by atoms with Crippen LogP contribution in [0.3, 0.4) is 0 Å². The van der Waals surface area contributed by atoms with Gasteiger partial charge in [0.15, 0.2) is 5.11 Å². The van der Waals surface area contributed by atoms with Crippen molar-refractivity contribution in [3.8, 4) is 0 Å². The molecule has 11 heteroatoms. The number of thiocarbonyl (C=S) groups is 1. The van der Waals surface area contributed by atoms with E-state index in [2.05, 4.69) is 21.2 Å². The Kier molecular flexibility index (Phi) is 9.39. The first-order valence-electron chi connectivity index (χ1n) is 13.5. The highest BCUT2D eigenvalue weighted by Gasteiger charge is 2.44. The minimum Gasteiger partial charge on any atom is -0.369 e. The molecule has 2 aliphatic heterocycles. The van der Waals surface area contributed by atoms with E-state index in [9.17, 15) is 14.0 Å². The SMILES string of the molecule is O=C(C[C@@H]1C(=O)N(c2ccc(Cl)cc2)C(=S)N1CCCN1CCN(c2cccc(Cl)c2)CC1)Nc1ccc(F)cc1. The van der Waals surface area contributed by atoms with E-state index >= 15 is 0 Å². The smallest absolute Gasteiger partial charge is 0.256 e. The van der Waals surface area contributed by atoms with Gasteiger partial charge in [-0.05, 0) is 91.9 Å². The zero-order valence-electron chi connectivity index (χ0n) is 22.3. The lowest BCUT2D eigenvalue weighted by atomic mass is 10.1. The molecule has 41 heavy (non-hydrogen) atoms. The summed E-state index contributed by atoms with van der Waals surface area (Å²) in [5.41, 5.74) is 2.19. The topological polar surface area (TPSA) is 59.1 Å². The molecule has 1 atom stereocenters. The third-order valence-corrected chi connectivity index (χ3v) is 8.23. The van der Waals surface area contributed by atoms with Crippen molar-refractivity contribution < 1.29 is 14.0 Å². The van der Waals surface area contributed by atoms with Crippen LogP contribution in [0.2, 0.25) is 10.0 Å². The van der Waals surface area contributed by atoms with Crippen LogP contribution in [0, 0.1) is 5.82 Å². The summed E-state index contributed by atoms with van der Waals surface area (Å²) in [5.74, 6) is -1.01. The van der Waals surface area contributed by atoms with Gasteiger partial charge in [-0.25, -0.2) is 4.39 Å². The summed E-state index contributed by atoms with van der Waals surface area (Å²) in [5, 5.41) is 4.40. The highest BCUT2D eigenvalue weighted by Crippen LogP contribution is 2.29. The quantitative estimate of drug-likeness (QED) is 0.314. The van der Waals surface area contributed by atoms with Crippen molar-refractivity contribution in [3.05, 3.63) is 88.7 Å². The number of rotatable bonds is 9. The lowest BCUT2D eigenvalue weighted by Gasteiger charge is -2.36. The fourth-order valence-electron chi connectivity index (χ4n) is 5.20. The van der Waals surface area contributed by atoms with E-state index in [1.165, 1.54) is 29.2 Å². The molecule has 2 fully saturated rings. The monoisotopic (exact) mass is 613 g/mol. The summed E-state index contributed by atoms with van der Waals surface area (Å²) in [4.78, 5) is 34.6. The first-order chi connectivity index (χ1) is 19.8. The Morgan fingerprint density at radius 2 is 1.61 bits per heavy atom. The van der Waals surface area contributed by atoms with Gasteiger partial charge in [0, 0.05) is 54.1 Å². The van der Waals surface area contributed by atoms with Crippen molar-refractivity contribution >= 4 is 69.4 Å². The van der Waals surface area contributed by atoms with E-state index in [1.54, 1.807) is 24.3 Å². The highest BCUT2D eigenvalue weighted by atomic mass is 35.5. The van der Waals surface area contributed by atoms with Crippen molar-refractivity contribution in [1.29, 1.82) is 0 Å². The molecule has 1 N–H and O–H groups in total. The molecular weight excluding hydrogens is 584 g/mol. The fraction of sp³-hybridized carbons (Fsp3) is 0.300. The molecular formula is C30H30Cl2FN5O2S. The van der Waals surface area contributed by atoms with Gasteiger partial charge in [-0.2, -0.15) is 0 Å². The predicted octanol–water partition coefficient (Wildman–Crippen LogP) is 5.68. The third kappa shape index (κ3) is 7.16. The zero-order valence-corrected chi connectivity index (χ0v) is 24.6. The van der Waals surface area contributed by atoms with Gasteiger partial charge < -0.3 is 15.1 Å². The normalized spacial score (nSPS) is 17.8. The average Bonchev–Trinajstić information content (AvgIpc) is 3.19. The van der Waals surface area contributed by atoms with Gasteiger partial charge in [0.2, 0.25) is 5.91 Å². The van der Waals surface area contributed by atoms with Crippen molar-refractivity contribution in [2.75, 3.05) is 54.4 Å². The first kappa shape index (κ1) is 29.3. The lowest BCUT2D eigenvalue weighted by molar-refractivity contribution is -0.124. The molecule has 2 amide bonds. The third-order valence-electron chi connectivity index (χ3n) is 7.33. The molecule has 0 spiro atoms. The van der Waals surface area contributed by atoms with Gasteiger partial charge in [-0.3, -0.25) is 19.4 Å². The van der Waals surface area contributed by atoms with Crippen LogP contribution < -0.4 is 15.1 Å². The molecule has 0 aliphatic carbocycles. The van der Waals surface area contributed by atoms with Gasteiger partial charge in [0.1, 0.15) is 11.9 Å². The van der Waals surface area contributed by atoms with Crippen LogP contribution in [-0.4, -0.2) is 72.0 Å². The molecule has 2 aliphatic rings. The number of carbonyl (C=O) groups excluding carboxylic acids is 2. The highest BCUT2D eigenvalue weighted by molar-refractivity contribution is 7.80. The Hall–Kier alpha value is -3.24. The Bertz CT molecular complexity index is 1400. The number of halogens is 3. The van der Waals surface area contributed by atoms with Crippen LogP contribution in [0.25, 0.3) is 0 Å². The number of benzene rings is 3. The Labute approximate surface area is 254 Å². The summed E-state index contributed by atoms with van der Waals surface area (Å²) in [6, 6.07) is 19.6. The second-order valence-corrected chi connectivity index (χ2v) is 11.3. The van der Waals surface area contributed by atoms with Crippen molar-refractivity contribution in [2.45, 2.75) is 18.9 Å². The number of amides is 2. The van der Waals surface area contributed by atoms with Crippen LogP contribution in [0.4, 0.5) is 21.5 Å². The summed E-state index contributed by atoms with van der Waals surface area (Å²) in [7, 11) is 0. The molecule has 214 valence electrons. The first-order valence-corrected chi connectivity index (χ1v) is 14.6. The molecule has 7 nitrogen and oxygen atoms in total. The molecule has 2 heterocycles. The summed E-state index contributed by atoms with van der Waals surface area (Å²) < 4.78 is 13.3. The van der Waals surface area contributed by atoms with Gasteiger partial charge in [0.25, 0.3) is 5.91 Å². The number of carbonyl (C=O) groups is 2. The average molecular weight is 615 g/mol. The second kappa shape index (κ2) is 13.2. The lowest BCUT2D eigenvalue weighted by Crippen LogP contribution is -2.47. The fourth-order valence-corrected chi connectivity index (χ4v) is 5.93. The zero-order chi connectivity index (χ0) is 28.9. The van der Waals surface area contributed by atoms with E-state index < -0.39 is 11.9 Å². The van der Waals surface area contributed by atoms with E-state index in [-0.39, 0.29) is 18.2 Å². The van der Waals surface area contributed by atoms with Gasteiger partial charge in [-0.15, -0.1) is 0 Å². The molecule has 5 rings (SSSR count). The predicted molar refractivity (Wildman–Crippen MR) is 166 cm³/mol. The van der Waals surface area contributed by atoms with Crippen LogP contribution in [0.5, 0.6) is 0 Å². The maximum Gasteiger partial charge on any atom is 0.256 e. The number of hydrogen-bond acceptors (Lipinski definition) is 5. The van der Waals surface area contributed by atoms with E-state index in [4.69, 9.17) is 35.4 Å². The summed E-state index contributed by atoms with van der Waals surface area (Å²) >= 11 is 18.0. The molecule has 2 saturated heterocycles. The van der Waals surface area contributed by atoms with Gasteiger partial charge in [-0.1, -0.05) is 29.3 Å². The van der Waals surface area contributed by atoms with E-state index in [0.29, 0.717) is 28.1 Å². The molecule has 3 aromatic carbocycles. The van der Waals surface area contributed by atoms with E-state index in [0.717, 1.165) is 49.9 Å². The molecule has 0 unspecified atom stereocenters. The molecule has 0 aromatic heterocycles. The molecule has 0 bridgehead atoms. The number of hydrogen-bond donors (Lipinski definition) is 1. The molecule has 0 radical (unpaired) electrons. The second-order valence-electron chi connectivity index (χ2n) is 10.1. The van der Waals surface area contributed by atoms with Crippen LogP contribution in [0.1, 0.15) is 12.8 Å². The van der Waals surface area contributed by atoms with Crippen molar-refractivity contribution in [2.24, 2.45) is 0 Å². The minimum absolute atomic E-state index is 0.0846. The van der Waals surface area contributed by atoms with Crippen LogP contribution in [-0.2, 0) is 9.59 Å². The largest absolute Gasteiger partial charge is 0.369 e. The van der Waals surface area contributed by atoms with Crippen molar-refractivity contribution in [3.63, 3.8) is 0 Å². The number of nitrogens with one attached hydrogen (secondary N) is 1. The number of nitrogens with zero attached hydrogens (tertiary/aromatic N) is 4. The Morgan fingerprint density at radius 3 is 2.29 bits per heavy atom. The van der Waals surface area contributed by atoms with Gasteiger partial charge >= 0.3 is 0 Å². The minimum atomic E-state index is -0.752. The van der Waals surface area contributed by atoms with Crippen LogP contribution in [0.15, 0.2) is 72.8 Å². The number of anilines is 3. The van der Waals surface area contributed by atoms with Gasteiger partial charge in [0.05, 0.1) is 12.1 Å². The molecule has 3 aromatic rings. The maximum atomic E-state index is 13.6. The molecule has 0 saturated carbocycles. The standard InChI is InChI=1S/C30H30Cl2FN5O2S/c31-21-5-11-25(12-6-21)38-29(40)27(20-28(39)34-24-9-7-23(33)8-10-24)37(30(38)41)14-2-13-35-15-17-36(18-16-35)26-4-1-3-22(32)19-26/h1,3-12,19,27H,2,13-18,20H2,(H,34,39)/t27-/m1/s1. The van der Waals surface area contributed by atoms with Crippen LogP contribution >= 0.6 is 35.4 Å². The van der Waals surface area contributed by atoms with Crippen molar-refractivity contribution in [1.82, 2.24) is 9.80 Å². The summed E-state index contributed by atoms with van der Waals surface area (Å²) in [6.07, 6.45) is 0.688. The Balaban J connectivity index is 1.22. The summed E-state index contributed by atoms with van der Waals surface area (Å²) in [6.45, 7) is 4.99. The van der Waals surface area contributed by atoms with E-state index in [1.807, 2.05) is 23.1 Å². The number of piperazine rings is 1.